The van der Waals surface area contributed by atoms with Crippen molar-refractivity contribution in [3.8, 4) is 0 Å². The minimum Gasteiger partial charge on any atom is -0.481 e. The Morgan fingerprint density at radius 2 is 2.08 bits per heavy atom. The molecule has 0 aliphatic heterocycles. The monoisotopic (exact) mass is 360 g/mol. The average Bonchev–Trinajstić information content (AvgIpc) is 3.38. The van der Waals surface area contributed by atoms with E-state index in [1.807, 2.05) is 18.2 Å². The van der Waals surface area contributed by atoms with Crippen molar-refractivity contribution >= 4 is 11.8 Å². The fourth-order valence-electron chi connectivity index (χ4n) is 3.81. The average molecular weight is 360 g/mol. The summed E-state index contributed by atoms with van der Waals surface area (Å²) in [5, 5.41) is 19.4. The summed E-state index contributed by atoms with van der Waals surface area (Å²) in [6.07, 6.45) is 18.7. The van der Waals surface area contributed by atoms with Gasteiger partial charge in [-0.2, -0.15) is 0 Å². The van der Waals surface area contributed by atoms with Gasteiger partial charge in [0.05, 0.1) is 5.60 Å². The van der Waals surface area contributed by atoms with Crippen LogP contribution in [0.2, 0.25) is 0 Å². The minimum atomic E-state index is -0.770. The molecule has 2 rings (SSSR count). The van der Waals surface area contributed by atoms with Crippen LogP contribution in [0, 0.1) is 17.8 Å². The fourth-order valence-corrected chi connectivity index (χ4v) is 3.81. The van der Waals surface area contributed by atoms with Crippen molar-refractivity contribution in [2.24, 2.45) is 17.8 Å². The largest absolute Gasteiger partial charge is 0.481 e. The van der Waals surface area contributed by atoms with E-state index in [0.717, 1.165) is 32.1 Å². The summed E-state index contributed by atoms with van der Waals surface area (Å²) in [6, 6.07) is 0. The molecule has 0 amide bonds. The van der Waals surface area contributed by atoms with Crippen LogP contribution in [0.5, 0.6) is 0 Å². The number of carboxylic acid groups (broad SMARTS) is 1. The number of hydrogen-bond acceptors (Lipinski definition) is 3. The molecule has 0 aromatic heterocycles. The number of aliphatic hydroxyl groups is 1. The van der Waals surface area contributed by atoms with Gasteiger partial charge in [0, 0.05) is 18.3 Å². The quantitative estimate of drug-likeness (QED) is 0.398. The Hall–Kier alpha value is -1.68. The first-order valence-corrected chi connectivity index (χ1v) is 9.94. The molecule has 4 heteroatoms. The van der Waals surface area contributed by atoms with E-state index in [-0.39, 0.29) is 24.0 Å². The third-order valence-corrected chi connectivity index (χ3v) is 5.48. The van der Waals surface area contributed by atoms with Crippen molar-refractivity contribution in [2.45, 2.75) is 70.3 Å². The number of unbranched alkanes of at least 4 members (excludes halogenated alkanes) is 1. The summed E-state index contributed by atoms with van der Waals surface area (Å²) in [6.45, 7) is 2.11. The summed E-state index contributed by atoms with van der Waals surface area (Å²) >= 11 is 0. The second-order valence-corrected chi connectivity index (χ2v) is 7.70. The van der Waals surface area contributed by atoms with Crippen LogP contribution in [0.15, 0.2) is 36.5 Å². The molecule has 2 aliphatic carbocycles. The fraction of sp³-hybridized carbons (Fsp3) is 0.636. The lowest BCUT2D eigenvalue weighted by molar-refractivity contribution is -0.137. The van der Waals surface area contributed by atoms with Gasteiger partial charge in [-0.3, -0.25) is 9.59 Å². The van der Waals surface area contributed by atoms with Gasteiger partial charge in [0.25, 0.3) is 0 Å². The summed E-state index contributed by atoms with van der Waals surface area (Å²) in [4.78, 5) is 22.6. The van der Waals surface area contributed by atoms with E-state index >= 15 is 0 Å². The molecule has 3 atom stereocenters. The zero-order chi connectivity index (χ0) is 19.0. The first kappa shape index (κ1) is 20.6. The van der Waals surface area contributed by atoms with Crippen LogP contribution < -0.4 is 0 Å². The normalized spacial score (nSPS) is 25.4. The van der Waals surface area contributed by atoms with Crippen molar-refractivity contribution in [3.63, 3.8) is 0 Å². The maximum Gasteiger partial charge on any atom is 0.303 e. The highest BCUT2D eigenvalue weighted by Crippen LogP contribution is 2.44. The smallest absolute Gasteiger partial charge is 0.303 e. The third-order valence-electron chi connectivity index (χ3n) is 5.48. The molecule has 4 nitrogen and oxygen atoms in total. The van der Waals surface area contributed by atoms with Crippen LogP contribution in [-0.4, -0.2) is 27.6 Å². The van der Waals surface area contributed by atoms with E-state index in [2.05, 4.69) is 19.1 Å². The predicted octanol–water partition coefficient (Wildman–Crippen LogP) is 4.45. The van der Waals surface area contributed by atoms with E-state index in [9.17, 15) is 14.7 Å². The molecule has 1 unspecified atom stereocenters. The highest BCUT2D eigenvalue weighted by molar-refractivity contribution is 5.95. The standard InChI is InChI=1S/C22H32O4/c1-2-15-22(26,18-12-13-18)16-7-8-17-11-14-20(23)19(17)9-5-3-4-6-10-21(24)25/h3,5,7-8,11,14,17-19,26H,2,4,6,9-10,12-13,15-16H2,1H3,(H,24,25)/b5-3-,8-7?/t17-,19+,22?/m0/s1. The van der Waals surface area contributed by atoms with Gasteiger partial charge in [0.2, 0.25) is 0 Å². The lowest BCUT2D eigenvalue weighted by Crippen LogP contribution is -2.30. The molecule has 0 aromatic rings. The number of rotatable bonds is 12. The van der Waals surface area contributed by atoms with Crippen molar-refractivity contribution in [1.29, 1.82) is 0 Å². The zero-order valence-corrected chi connectivity index (χ0v) is 15.8. The highest BCUT2D eigenvalue weighted by atomic mass is 16.4. The molecular formula is C22H32O4. The van der Waals surface area contributed by atoms with Gasteiger partial charge in [-0.05, 0) is 56.9 Å². The van der Waals surface area contributed by atoms with Gasteiger partial charge in [0.15, 0.2) is 5.78 Å². The maximum absolute atomic E-state index is 12.1. The molecule has 144 valence electrons. The number of carboxylic acids is 1. The lowest BCUT2D eigenvalue weighted by atomic mass is 9.86. The van der Waals surface area contributed by atoms with E-state index in [1.54, 1.807) is 6.08 Å². The summed E-state index contributed by atoms with van der Waals surface area (Å²) < 4.78 is 0. The zero-order valence-electron chi connectivity index (χ0n) is 15.8. The molecule has 0 spiro atoms. The summed E-state index contributed by atoms with van der Waals surface area (Å²) in [5.41, 5.74) is -0.572. The van der Waals surface area contributed by atoms with E-state index in [0.29, 0.717) is 25.2 Å². The Labute approximate surface area is 156 Å². The lowest BCUT2D eigenvalue weighted by Gasteiger charge is -2.26. The van der Waals surface area contributed by atoms with Crippen molar-refractivity contribution in [3.05, 3.63) is 36.5 Å². The molecule has 2 N–H and O–H groups in total. The predicted molar refractivity (Wildman–Crippen MR) is 103 cm³/mol. The van der Waals surface area contributed by atoms with Crippen LogP contribution in [0.3, 0.4) is 0 Å². The Morgan fingerprint density at radius 1 is 1.31 bits per heavy atom. The Morgan fingerprint density at radius 3 is 2.73 bits per heavy atom. The van der Waals surface area contributed by atoms with Gasteiger partial charge >= 0.3 is 5.97 Å². The Bertz CT molecular complexity index is 571. The first-order valence-electron chi connectivity index (χ1n) is 9.94. The molecule has 0 radical (unpaired) electrons. The highest BCUT2D eigenvalue weighted by Gasteiger charge is 2.42. The van der Waals surface area contributed by atoms with Gasteiger partial charge in [-0.1, -0.05) is 43.7 Å². The van der Waals surface area contributed by atoms with E-state index in [1.165, 1.54) is 0 Å². The molecule has 2 aliphatic rings. The molecule has 0 bridgehead atoms. The first-order chi connectivity index (χ1) is 12.5. The third kappa shape index (κ3) is 6.24. The number of hydrogen-bond donors (Lipinski definition) is 2. The molecule has 1 fully saturated rings. The van der Waals surface area contributed by atoms with Crippen LogP contribution in [-0.2, 0) is 9.59 Å². The summed E-state index contributed by atoms with van der Waals surface area (Å²) in [7, 11) is 0. The van der Waals surface area contributed by atoms with E-state index in [4.69, 9.17) is 5.11 Å². The number of aliphatic carboxylic acids is 1. The van der Waals surface area contributed by atoms with Gasteiger partial charge in [0.1, 0.15) is 0 Å². The number of carbonyl (C=O) groups excluding carboxylic acids is 1. The molecule has 1 saturated carbocycles. The van der Waals surface area contributed by atoms with Crippen molar-refractivity contribution in [2.75, 3.05) is 0 Å². The van der Waals surface area contributed by atoms with Crippen LogP contribution in [0.4, 0.5) is 0 Å². The Balaban J connectivity index is 1.81. The van der Waals surface area contributed by atoms with Crippen molar-refractivity contribution in [1.82, 2.24) is 0 Å². The number of allylic oxidation sites excluding steroid dienone is 5. The molecule has 0 aromatic carbocycles. The number of carbonyl (C=O) groups is 2. The second-order valence-electron chi connectivity index (χ2n) is 7.70. The number of ketones is 1. The Kier molecular flexibility index (Phi) is 7.83. The van der Waals surface area contributed by atoms with Crippen LogP contribution in [0.1, 0.15) is 64.7 Å². The second kappa shape index (κ2) is 9.86. The van der Waals surface area contributed by atoms with E-state index < -0.39 is 11.6 Å². The summed E-state index contributed by atoms with van der Waals surface area (Å²) in [5.74, 6) is -0.148. The topological polar surface area (TPSA) is 74.6 Å². The van der Waals surface area contributed by atoms with Gasteiger partial charge in [-0.25, -0.2) is 0 Å². The molecule has 0 saturated heterocycles. The SMILES string of the molecule is CCCC(O)(CC=C[C@H]1C=CC(=O)[C@@H]1C/C=C\CCCC(=O)O)C1CC1. The molecule has 0 heterocycles. The molecular weight excluding hydrogens is 328 g/mol. The van der Waals surface area contributed by atoms with Crippen molar-refractivity contribution < 1.29 is 19.8 Å². The maximum atomic E-state index is 12.1. The van der Waals surface area contributed by atoms with Gasteiger partial charge < -0.3 is 10.2 Å². The molecule has 26 heavy (non-hydrogen) atoms. The van der Waals surface area contributed by atoms with Crippen LogP contribution >= 0.6 is 0 Å². The minimum absolute atomic E-state index is 0.0674. The van der Waals surface area contributed by atoms with Crippen LogP contribution in [0.25, 0.3) is 0 Å². The van der Waals surface area contributed by atoms with Gasteiger partial charge in [-0.15, -0.1) is 0 Å².